The van der Waals surface area contributed by atoms with Gasteiger partial charge in [-0.2, -0.15) is 0 Å². The van der Waals surface area contributed by atoms with Crippen molar-refractivity contribution in [1.82, 2.24) is 4.90 Å². The molecule has 0 saturated heterocycles. The number of nitrogens with zero attached hydrogens (tertiary/aromatic N) is 1. The topological polar surface area (TPSA) is 32.7 Å². The van der Waals surface area contributed by atoms with Crippen molar-refractivity contribution >= 4 is 21.5 Å². The molecule has 0 bridgehead atoms. The molecule has 3 heteroatoms. The molecule has 0 radical (unpaired) electrons. The maximum Gasteiger partial charge on any atom is 0.119 e. The fourth-order valence-corrected chi connectivity index (χ4v) is 4.36. The van der Waals surface area contributed by atoms with Gasteiger partial charge in [0.05, 0.1) is 7.11 Å². The largest absolute Gasteiger partial charge is 0.508 e. The van der Waals surface area contributed by atoms with Crippen LogP contribution in [-0.2, 0) is 13.0 Å². The van der Waals surface area contributed by atoms with Gasteiger partial charge in [0.1, 0.15) is 11.5 Å². The number of hydrogen-bond acceptors (Lipinski definition) is 3. The molecule has 1 N–H and O–H groups in total. The molecule has 25 heavy (non-hydrogen) atoms. The van der Waals surface area contributed by atoms with Gasteiger partial charge in [-0.25, -0.2) is 0 Å². The fourth-order valence-electron chi connectivity index (χ4n) is 4.36. The van der Waals surface area contributed by atoms with E-state index in [1.54, 1.807) is 13.2 Å². The zero-order chi connectivity index (χ0) is 17.6. The maximum atomic E-state index is 10.1. The third-order valence-electron chi connectivity index (χ3n) is 5.73. The summed E-state index contributed by atoms with van der Waals surface area (Å²) in [6.07, 6.45) is 2.25. The summed E-state index contributed by atoms with van der Waals surface area (Å²) >= 11 is 0. The average molecular weight is 335 g/mol. The summed E-state index contributed by atoms with van der Waals surface area (Å²) in [6, 6.07) is 12.7. The Morgan fingerprint density at radius 3 is 2.44 bits per heavy atom. The fraction of sp³-hybridized carbons (Fsp3) is 0.364. The molecular weight excluding hydrogens is 310 g/mol. The second-order valence-corrected chi connectivity index (χ2v) is 6.93. The molecule has 1 aliphatic heterocycles. The molecule has 4 rings (SSSR count). The summed E-state index contributed by atoms with van der Waals surface area (Å²) in [6.45, 7) is 6.57. The standard InChI is InChI=1S/C22H25NO2/c1-4-14-10-19-17-9-7-16(25-3)12-21(17)20-11-15(24)6-8-18(20)22(19)13-23(14)5-2/h6-9,11-12,14,24H,4-5,10,13H2,1-3H3. The van der Waals surface area contributed by atoms with E-state index in [0.29, 0.717) is 11.8 Å². The second-order valence-electron chi connectivity index (χ2n) is 6.93. The van der Waals surface area contributed by atoms with Crippen LogP contribution in [0.3, 0.4) is 0 Å². The van der Waals surface area contributed by atoms with E-state index in [-0.39, 0.29) is 0 Å². The Kier molecular flexibility index (Phi) is 4.04. The number of likely N-dealkylation sites (N-methyl/N-ethyl adjacent to an activating group) is 1. The average Bonchev–Trinajstić information content (AvgIpc) is 2.66. The van der Waals surface area contributed by atoms with E-state index in [1.807, 2.05) is 12.1 Å². The summed E-state index contributed by atoms with van der Waals surface area (Å²) < 4.78 is 5.45. The van der Waals surface area contributed by atoms with Crippen molar-refractivity contribution in [3.8, 4) is 11.5 Å². The molecule has 0 saturated carbocycles. The molecule has 130 valence electrons. The van der Waals surface area contributed by atoms with Gasteiger partial charge in [-0.1, -0.05) is 26.0 Å². The van der Waals surface area contributed by atoms with Gasteiger partial charge in [-0.05, 0) is 76.3 Å². The monoisotopic (exact) mass is 335 g/mol. The Hall–Kier alpha value is -2.26. The normalized spacial score (nSPS) is 17.8. The van der Waals surface area contributed by atoms with E-state index in [9.17, 15) is 5.11 Å². The molecule has 3 aromatic carbocycles. The first-order chi connectivity index (χ1) is 12.2. The predicted molar refractivity (Wildman–Crippen MR) is 104 cm³/mol. The van der Waals surface area contributed by atoms with Crippen molar-refractivity contribution in [3.63, 3.8) is 0 Å². The number of aromatic hydroxyl groups is 1. The quantitative estimate of drug-likeness (QED) is 0.694. The zero-order valence-corrected chi connectivity index (χ0v) is 15.2. The number of rotatable bonds is 3. The van der Waals surface area contributed by atoms with Crippen LogP contribution in [0.4, 0.5) is 0 Å². The van der Waals surface area contributed by atoms with Crippen LogP contribution in [0.2, 0.25) is 0 Å². The number of fused-ring (bicyclic) bond motifs is 6. The number of hydrogen-bond donors (Lipinski definition) is 1. The Labute approximate surface area is 148 Å². The van der Waals surface area contributed by atoms with Crippen molar-refractivity contribution in [2.75, 3.05) is 13.7 Å². The molecule has 1 heterocycles. The minimum atomic E-state index is 0.311. The van der Waals surface area contributed by atoms with Gasteiger partial charge in [0.2, 0.25) is 0 Å². The Balaban J connectivity index is 2.08. The minimum Gasteiger partial charge on any atom is -0.508 e. The van der Waals surface area contributed by atoms with Crippen LogP contribution in [0.1, 0.15) is 31.4 Å². The number of ether oxygens (including phenoxy) is 1. The maximum absolute atomic E-state index is 10.1. The van der Waals surface area contributed by atoms with Crippen molar-refractivity contribution < 1.29 is 9.84 Å². The highest BCUT2D eigenvalue weighted by Crippen LogP contribution is 2.40. The molecule has 1 atom stereocenters. The van der Waals surface area contributed by atoms with Crippen molar-refractivity contribution in [2.45, 2.75) is 39.3 Å². The Morgan fingerprint density at radius 1 is 1.00 bits per heavy atom. The van der Waals surface area contributed by atoms with Gasteiger partial charge in [0, 0.05) is 12.6 Å². The van der Waals surface area contributed by atoms with Crippen molar-refractivity contribution in [1.29, 1.82) is 0 Å². The molecule has 0 aliphatic carbocycles. The van der Waals surface area contributed by atoms with E-state index in [0.717, 1.165) is 30.6 Å². The number of phenols is 1. The molecule has 1 unspecified atom stereocenters. The first kappa shape index (κ1) is 16.2. The molecule has 1 aliphatic rings. The highest BCUT2D eigenvalue weighted by molar-refractivity contribution is 6.11. The van der Waals surface area contributed by atoms with E-state index in [1.165, 1.54) is 33.7 Å². The molecule has 3 aromatic rings. The number of benzene rings is 3. The first-order valence-corrected chi connectivity index (χ1v) is 9.14. The van der Waals surface area contributed by atoms with Crippen molar-refractivity contribution in [2.24, 2.45) is 0 Å². The van der Waals surface area contributed by atoms with Crippen LogP contribution in [-0.4, -0.2) is 29.7 Å². The number of phenolic OH excluding ortho intramolecular Hbond substituents is 1. The highest BCUT2D eigenvalue weighted by Gasteiger charge is 2.27. The minimum absolute atomic E-state index is 0.311. The summed E-state index contributed by atoms with van der Waals surface area (Å²) in [7, 11) is 1.70. The molecule has 3 nitrogen and oxygen atoms in total. The van der Waals surface area contributed by atoms with E-state index < -0.39 is 0 Å². The SMILES string of the molecule is CCC1Cc2c(c3ccc(O)cc3c3cc(OC)ccc23)CN1CC. The van der Waals surface area contributed by atoms with Crippen LogP contribution in [0.25, 0.3) is 21.5 Å². The molecule has 0 aromatic heterocycles. The zero-order valence-electron chi connectivity index (χ0n) is 15.2. The lowest BCUT2D eigenvalue weighted by Gasteiger charge is -2.37. The summed E-state index contributed by atoms with van der Waals surface area (Å²) in [5.74, 6) is 1.17. The predicted octanol–water partition coefficient (Wildman–Crippen LogP) is 4.86. The summed E-state index contributed by atoms with van der Waals surface area (Å²) in [5, 5.41) is 14.9. The van der Waals surface area contributed by atoms with Crippen molar-refractivity contribution in [3.05, 3.63) is 47.5 Å². The lowest BCUT2D eigenvalue weighted by atomic mass is 9.84. The second kappa shape index (κ2) is 6.23. The third kappa shape index (κ3) is 2.54. The van der Waals surface area contributed by atoms with Crippen LogP contribution in [0.5, 0.6) is 11.5 Å². The van der Waals surface area contributed by atoms with Gasteiger partial charge in [-0.3, -0.25) is 4.90 Å². The van der Waals surface area contributed by atoms with E-state index in [2.05, 4.69) is 36.9 Å². The van der Waals surface area contributed by atoms with Gasteiger partial charge in [0.15, 0.2) is 0 Å². The molecule has 0 fully saturated rings. The molecular formula is C22H25NO2. The highest BCUT2D eigenvalue weighted by atomic mass is 16.5. The summed E-state index contributed by atoms with van der Waals surface area (Å²) in [4.78, 5) is 2.57. The lowest BCUT2D eigenvalue weighted by molar-refractivity contribution is 0.178. The van der Waals surface area contributed by atoms with Gasteiger partial charge < -0.3 is 9.84 Å². The molecule has 0 spiro atoms. The van der Waals surface area contributed by atoms with Gasteiger partial charge >= 0.3 is 0 Å². The number of methoxy groups -OCH3 is 1. The van der Waals surface area contributed by atoms with Crippen LogP contribution < -0.4 is 4.74 Å². The Bertz CT molecular complexity index is 948. The van der Waals surface area contributed by atoms with Gasteiger partial charge in [-0.15, -0.1) is 0 Å². The van der Waals surface area contributed by atoms with Crippen LogP contribution in [0.15, 0.2) is 36.4 Å². The Morgan fingerprint density at radius 2 is 1.72 bits per heavy atom. The lowest BCUT2D eigenvalue weighted by Crippen LogP contribution is -2.39. The smallest absolute Gasteiger partial charge is 0.119 e. The van der Waals surface area contributed by atoms with Crippen LogP contribution >= 0.6 is 0 Å². The van der Waals surface area contributed by atoms with E-state index in [4.69, 9.17) is 4.74 Å². The molecule has 0 amide bonds. The van der Waals surface area contributed by atoms with Gasteiger partial charge in [0.25, 0.3) is 0 Å². The van der Waals surface area contributed by atoms with E-state index >= 15 is 0 Å². The summed E-state index contributed by atoms with van der Waals surface area (Å²) in [5.41, 5.74) is 2.88. The first-order valence-electron chi connectivity index (χ1n) is 9.14. The third-order valence-corrected chi connectivity index (χ3v) is 5.73. The van der Waals surface area contributed by atoms with Crippen LogP contribution in [0, 0.1) is 0 Å².